The van der Waals surface area contributed by atoms with Crippen LogP contribution in [0.1, 0.15) is 47.2 Å². The van der Waals surface area contributed by atoms with Crippen molar-refractivity contribution >= 4 is 11.7 Å². The van der Waals surface area contributed by atoms with Gasteiger partial charge in [0.25, 0.3) is 5.91 Å². The molecule has 0 atom stereocenters. The van der Waals surface area contributed by atoms with Crippen LogP contribution in [0.3, 0.4) is 0 Å². The number of nitrogens with zero attached hydrogens (tertiary/aromatic N) is 2. The molecule has 0 spiro atoms. The second-order valence-electron chi connectivity index (χ2n) is 6.05. The van der Waals surface area contributed by atoms with Gasteiger partial charge in [-0.3, -0.25) is 19.6 Å². The molecular weight excluding hydrogens is 278 g/mol. The van der Waals surface area contributed by atoms with Gasteiger partial charge in [-0.25, -0.2) is 0 Å². The lowest BCUT2D eigenvalue weighted by Crippen LogP contribution is -2.41. The molecule has 22 heavy (non-hydrogen) atoms. The Morgan fingerprint density at radius 3 is 2.41 bits per heavy atom. The summed E-state index contributed by atoms with van der Waals surface area (Å²) in [5.74, 6) is -0.342. The summed E-state index contributed by atoms with van der Waals surface area (Å²) in [4.78, 5) is 32.6. The van der Waals surface area contributed by atoms with Crippen molar-refractivity contribution in [2.24, 2.45) is 0 Å². The molecule has 0 bridgehead atoms. The van der Waals surface area contributed by atoms with E-state index in [9.17, 15) is 9.59 Å². The summed E-state index contributed by atoms with van der Waals surface area (Å²) in [7, 11) is 0. The summed E-state index contributed by atoms with van der Waals surface area (Å²) in [5, 5.41) is 2.87. The number of hydrogen-bond donors (Lipinski definition) is 1. The molecule has 1 N–H and O–H groups in total. The maximum atomic E-state index is 12.3. The van der Waals surface area contributed by atoms with Crippen molar-refractivity contribution in [3.05, 3.63) is 59.7 Å². The summed E-state index contributed by atoms with van der Waals surface area (Å²) in [6.45, 7) is 5.70. The lowest BCUT2D eigenvalue weighted by Gasteiger charge is -2.20. The van der Waals surface area contributed by atoms with E-state index in [1.807, 2.05) is 20.8 Å². The highest BCUT2D eigenvalue weighted by molar-refractivity contribution is 6.00. The van der Waals surface area contributed by atoms with Gasteiger partial charge in [0.2, 0.25) is 0 Å². The maximum Gasteiger partial charge on any atom is 0.270 e. The number of carbonyl (C=O) groups excluding carboxylic acids is 2. The molecular formula is C17H19N3O2. The average Bonchev–Trinajstić information content (AvgIpc) is 2.47. The predicted molar refractivity (Wildman–Crippen MR) is 83.7 cm³/mol. The van der Waals surface area contributed by atoms with Crippen LogP contribution in [0.4, 0.5) is 0 Å². The number of amides is 1. The summed E-state index contributed by atoms with van der Waals surface area (Å²) >= 11 is 0. The number of aromatic nitrogens is 2. The number of Topliss-reactive ketones (excluding diaryl/α,β-unsaturated/α-hetero) is 1. The molecule has 5 nitrogen and oxygen atoms in total. The van der Waals surface area contributed by atoms with Crippen LogP contribution in [0.5, 0.6) is 0 Å². The van der Waals surface area contributed by atoms with Crippen LogP contribution >= 0.6 is 0 Å². The molecule has 0 fully saturated rings. The van der Waals surface area contributed by atoms with Gasteiger partial charge in [0, 0.05) is 36.1 Å². The zero-order valence-electron chi connectivity index (χ0n) is 13.0. The molecule has 0 saturated heterocycles. The minimum Gasteiger partial charge on any atom is -0.346 e. The first-order chi connectivity index (χ1) is 10.4. The molecule has 2 aromatic rings. The third-order valence-corrected chi connectivity index (χ3v) is 2.95. The number of nitrogens with one attached hydrogen (secondary N) is 1. The van der Waals surface area contributed by atoms with Gasteiger partial charge in [-0.2, -0.15) is 0 Å². The van der Waals surface area contributed by atoms with E-state index >= 15 is 0 Å². The quantitative estimate of drug-likeness (QED) is 0.880. The lowest BCUT2D eigenvalue weighted by molar-refractivity contribution is 0.0913. The second kappa shape index (κ2) is 6.47. The van der Waals surface area contributed by atoms with E-state index in [0.29, 0.717) is 16.8 Å². The van der Waals surface area contributed by atoms with Crippen LogP contribution in [0, 0.1) is 0 Å². The summed E-state index contributed by atoms with van der Waals surface area (Å²) in [5.41, 5.74) is 1.12. The van der Waals surface area contributed by atoms with Crippen LogP contribution in [0.25, 0.3) is 0 Å². The fourth-order valence-corrected chi connectivity index (χ4v) is 2.00. The highest BCUT2D eigenvalue weighted by Crippen LogP contribution is 2.12. The van der Waals surface area contributed by atoms with Crippen molar-refractivity contribution in [2.75, 3.05) is 0 Å². The van der Waals surface area contributed by atoms with Crippen LogP contribution in [0.2, 0.25) is 0 Å². The van der Waals surface area contributed by atoms with Gasteiger partial charge >= 0.3 is 0 Å². The third kappa shape index (κ3) is 4.22. The Kier molecular flexibility index (Phi) is 4.65. The van der Waals surface area contributed by atoms with E-state index < -0.39 is 0 Å². The van der Waals surface area contributed by atoms with E-state index in [1.165, 1.54) is 0 Å². The number of rotatable bonds is 4. The first kappa shape index (κ1) is 15.8. The minimum absolute atomic E-state index is 0.0693. The zero-order valence-corrected chi connectivity index (χ0v) is 13.0. The molecule has 0 aromatic carbocycles. The molecule has 0 aliphatic rings. The van der Waals surface area contributed by atoms with E-state index in [-0.39, 0.29) is 23.7 Å². The van der Waals surface area contributed by atoms with Gasteiger partial charge < -0.3 is 5.32 Å². The Morgan fingerprint density at radius 2 is 1.77 bits per heavy atom. The molecule has 1 amide bonds. The molecule has 0 saturated carbocycles. The Balaban J connectivity index is 2.22. The van der Waals surface area contributed by atoms with Gasteiger partial charge in [0.05, 0.1) is 0 Å². The first-order valence-corrected chi connectivity index (χ1v) is 7.06. The SMILES string of the molecule is CC(C)(C)NC(=O)c1ncccc1CC(=O)c1ccncc1. The third-order valence-electron chi connectivity index (χ3n) is 2.95. The molecule has 2 aromatic heterocycles. The zero-order chi connectivity index (χ0) is 16.2. The summed E-state index contributed by atoms with van der Waals surface area (Å²) in [6, 6.07) is 6.80. The molecule has 2 heterocycles. The van der Waals surface area contributed by atoms with Gasteiger partial charge in [-0.05, 0) is 44.5 Å². The van der Waals surface area contributed by atoms with Gasteiger partial charge in [0.15, 0.2) is 5.78 Å². The Bertz CT molecular complexity index is 676. The molecule has 0 aliphatic carbocycles. The van der Waals surface area contributed by atoms with Crippen molar-refractivity contribution in [1.29, 1.82) is 0 Å². The van der Waals surface area contributed by atoms with E-state index in [2.05, 4.69) is 15.3 Å². The molecule has 0 radical (unpaired) electrons. The minimum atomic E-state index is -0.360. The molecule has 0 aliphatic heterocycles. The fraction of sp³-hybridized carbons (Fsp3) is 0.294. The normalized spacial score (nSPS) is 11.0. The number of pyridine rings is 2. The molecule has 114 valence electrons. The number of hydrogen-bond acceptors (Lipinski definition) is 4. The summed E-state index contributed by atoms with van der Waals surface area (Å²) < 4.78 is 0. The van der Waals surface area contributed by atoms with Crippen LogP contribution in [-0.4, -0.2) is 27.2 Å². The monoisotopic (exact) mass is 297 g/mol. The smallest absolute Gasteiger partial charge is 0.270 e. The Hall–Kier alpha value is -2.56. The Morgan fingerprint density at radius 1 is 1.09 bits per heavy atom. The van der Waals surface area contributed by atoms with Crippen molar-refractivity contribution < 1.29 is 9.59 Å². The lowest BCUT2D eigenvalue weighted by atomic mass is 10.0. The van der Waals surface area contributed by atoms with Crippen LogP contribution in [-0.2, 0) is 6.42 Å². The van der Waals surface area contributed by atoms with Gasteiger partial charge in [-0.15, -0.1) is 0 Å². The molecule has 0 unspecified atom stereocenters. The van der Waals surface area contributed by atoms with Crippen LogP contribution in [0.15, 0.2) is 42.9 Å². The van der Waals surface area contributed by atoms with Crippen molar-refractivity contribution in [3.63, 3.8) is 0 Å². The van der Waals surface area contributed by atoms with Crippen molar-refractivity contribution in [1.82, 2.24) is 15.3 Å². The number of carbonyl (C=O) groups is 2. The Labute approximate surface area is 129 Å². The van der Waals surface area contributed by atoms with Crippen molar-refractivity contribution in [2.45, 2.75) is 32.7 Å². The summed E-state index contributed by atoms with van der Waals surface area (Å²) in [6.07, 6.45) is 4.83. The fourth-order valence-electron chi connectivity index (χ4n) is 2.00. The highest BCUT2D eigenvalue weighted by atomic mass is 16.2. The van der Waals surface area contributed by atoms with E-state index in [1.54, 1.807) is 42.9 Å². The van der Waals surface area contributed by atoms with Crippen molar-refractivity contribution in [3.8, 4) is 0 Å². The highest BCUT2D eigenvalue weighted by Gasteiger charge is 2.20. The molecule has 2 rings (SSSR count). The molecule has 5 heteroatoms. The maximum absolute atomic E-state index is 12.3. The largest absolute Gasteiger partial charge is 0.346 e. The van der Waals surface area contributed by atoms with Gasteiger partial charge in [-0.1, -0.05) is 6.07 Å². The van der Waals surface area contributed by atoms with E-state index in [0.717, 1.165) is 0 Å². The average molecular weight is 297 g/mol. The number of ketones is 1. The topological polar surface area (TPSA) is 72.0 Å². The first-order valence-electron chi connectivity index (χ1n) is 7.06. The van der Waals surface area contributed by atoms with E-state index in [4.69, 9.17) is 0 Å². The van der Waals surface area contributed by atoms with Gasteiger partial charge in [0.1, 0.15) is 5.69 Å². The van der Waals surface area contributed by atoms with Crippen LogP contribution < -0.4 is 5.32 Å². The second-order valence-corrected chi connectivity index (χ2v) is 6.05. The standard InChI is InChI=1S/C17H19N3O2/c1-17(2,3)20-16(22)15-13(5-4-8-19-15)11-14(21)12-6-9-18-10-7-12/h4-10H,11H2,1-3H3,(H,20,22). The predicted octanol–water partition coefficient (Wildman–Crippen LogP) is 2.43.